The molecule has 6 heteroatoms. The molecular weight excluding hydrogens is 275 g/mol. The van der Waals surface area contributed by atoms with Gasteiger partial charge in [-0.25, -0.2) is 4.39 Å². The van der Waals surface area contributed by atoms with E-state index in [-0.39, 0.29) is 11.7 Å². The molecule has 0 spiro atoms. The number of aliphatic carboxylic acids is 1. The van der Waals surface area contributed by atoms with Gasteiger partial charge in [0.25, 0.3) is 0 Å². The summed E-state index contributed by atoms with van der Waals surface area (Å²) in [4.78, 5) is 27.0. The number of carboxylic acids is 1. The van der Waals surface area contributed by atoms with Crippen molar-refractivity contribution in [3.8, 4) is 0 Å². The first-order valence-corrected chi connectivity index (χ1v) is 6.85. The standard InChI is InChI=1S/C15H19FN2O3/c1-15(2,14(20)21)13(19)18-9-7-17(8-10-18)12-5-3-11(16)4-6-12/h3-6H,7-10H2,1-2H3,(H,20,21). The molecule has 0 radical (unpaired) electrons. The number of nitrogens with zero attached hydrogens (tertiary/aromatic N) is 2. The van der Waals surface area contributed by atoms with E-state index in [1.54, 1.807) is 17.0 Å². The first-order chi connectivity index (χ1) is 9.82. The van der Waals surface area contributed by atoms with E-state index < -0.39 is 11.4 Å². The number of carboxylic acid groups (broad SMARTS) is 1. The van der Waals surface area contributed by atoms with Gasteiger partial charge in [0.15, 0.2) is 0 Å². The summed E-state index contributed by atoms with van der Waals surface area (Å²) in [5.74, 6) is -1.77. The number of piperazine rings is 1. The van der Waals surface area contributed by atoms with Crippen LogP contribution < -0.4 is 4.90 Å². The second kappa shape index (κ2) is 5.71. The van der Waals surface area contributed by atoms with Crippen LogP contribution >= 0.6 is 0 Å². The van der Waals surface area contributed by atoms with Gasteiger partial charge in [0.05, 0.1) is 0 Å². The van der Waals surface area contributed by atoms with Gasteiger partial charge >= 0.3 is 5.97 Å². The zero-order chi connectivity index (χ0) is 15.6. The Labute approximate surface area is 123 Å². The number of amides is 1. The van der Waals surface area contributed by atoms with Gasteiger partial charge < -0.3 is 14.9 Å². The summed E-state index contributed by atoms with van der Waals surface area (Å²) in [7, 11) is 0. The molecule has 0 aliphatic carbocycles. The number of hydrogen-bond donors (Lipinski definition) is 1. The van der Waals surface area contributed by atoms with Gasteiger partial charge in [-0.15, -0.1) is 0 Å². The number of carbonyl (C=O) groups excluding carboxylic acids is 1. The summed E-state index contributed by atoms with van der Waals surface area (Å²) < 4.78 is 12.9. The molecule has 1 N–H and O–H groups in total. The van der Waals surface area contributed by atoms with Crippen molar-refractivity contribution in [1.29, 1.82) is 0 Å². The van der Waals surface area contributed by atoms with Crippen LogP contribution in [0.1, 0.15) is 13.8 Å². The van der Waals surface area contributed by atoms with Crippen LogP contribution in [-0.2, 0) is 9.59 Å². The van der Waals surface area contributed by atoms with Gasteiger partial charge in [0.2, 0.25) is 5.91 Å². The summed E-state index contributed by atoms with van der Waals surface area (Å²) in [5.41, 5.74) is -0.501. The summed E-state index contributed by atoms with van der Waals surface area (Å²) in [5, 5.41) is 9.10. The molecule has 1 fully saturated rings. The average molecular weight is 294 g/mol. The minimum Gasteiger partial charge on any atom is -0.480 e. The van der Waals surface area contributed by atoms with Gasteiger partial charge in [-0.05, 0) is 38.1 Å². The van der Waals surface area contributed by atoms with E-state index in [9.17, 15) is 14.0 Å². The highest BCUT2D eigenvalue weighted by Crippen LogP contribution is 2.22. The van der Waals surface area contributed by atoms with Gasteiger partial charge in [-0.2, -0.15) is 0 Å². The molecule has 1 aromatic rings. The maximum absolute atomic E-state index is 12.9. The van der Waals surface area contributed by atoms with Crippen LogP contribution in [0.25, 0.3) is 0 Å². The highest BCUT2D eigenvalue weighted by atomic mass is 19.1. The quantitative estimate of drug-likeness (QED) is 0.860. The monoisotopic (exact) mass is 294 g/mol. The number of hydrogen-bond acceptors (Lipinski definition) is 3. The molecule has 0 atom stereocenters. The van der Waals surface area contributed by atoms with Crippen molar-refractivity contribution < 1.29 is 19.1 Å². The lowest BCUT2D eigenvalue weighted by Crippen LogP contribution is -2.53. The van der Waals surface area contributed by atoms with Crippen LogP contribution in [-0.4, -0.2) is 48.1 Å². The Hall–Kier alpha value is -2.11. The topological polar surface area (TPSA) is 60.9 Å². The normalized spacial score (nSPS) is 16.0. The average Bonchev–Trinajstić information content (AvgIpc) is 2.47. The third-order valence-corrected chi connectivity index (χ3v) is 3.83. The Morgan fingerprint density at radius 1 is 1.10 bits per heavy atom. The summed E-state index contributed by atoms with van der Waals surface area (Å²) in [6.45, 7) is 4.98. The Kier molecular flexibility index (Phi) is 4.16. The lowest BCUT2D eigenvalue weighted by atomic mass is 9.91. The van der Waals surface area contributed by atoms with Crippen LogP contribution in [0.4, 0.5) is 10.1 Å². The fraction of sp³-hybridized carbons (Fsp3) is 0.467. The highest BCUT2D eigenvalue weighted by molar-refractivity contribution is 6.01. The largest absolute Gasteiger partial charge is 0.480 e. The number of benzene rings is 1. The number of halogens is 1. The van der Waals surface area contributed by atoms with Gasteiger partial charge in [0, 0.05) is 31.9 Å². The molecule has 114 valence electrons. The predicted octanol–water partition coefficient (Wildman–Crippen LogP) is 1.59. The van der Waals surface area contributed by atoms with Crippen molar-refractivity contribution in [1.82, 2.24) is 4.90 Å². The molecule has 5 nitrogen and oxygen atoms in total. The van der Waals surface area contributed by atoms with Crippen molar-refractivity contribution in [3.63, 3.8) is 0 Å². The molecule has 0 aromatic heterocycles. The smallest absolute Gasteiger partial charge is 0.318 e. The predicted molar refractivity (Wildman–Crippen MR) is 76.6 cm³/mol. The minimum absolute atomic E-state index is 0.282. The van der Waals surface area contributed by atoms with Gasteiger partial charge in [-0.3, -0.25) is 9.59 Å². The number of rotatable bonds is 3. The van der Waals surface area contributed by atoms with Crippen LogP contribution in [0.15, 0.2) is 24.3 Å². The molecular formula is C15H19FN2O3. The fourth-order valence-electron chi connectivity index (χ4n) is 2.31. The van der Waals surface area contributed by atoms with E-state index in [0.717, 1.165) is 5.69 Å². The Morgan fingerprint density at radius 2 is 1.62 bits per heavy atom. The summed E-state index contributed by atoms with van der Waals surface area (Å²) >= 11 is 0. The third-order valence-electron chi connectivity index (χ3n) is 3.83. The van der Waals surface area contributed by atoms with E-state index in [1.165, 1.54) is 26.0 Å². The summed E-state index contributed by atoms with van der Waals surface area (Å²) in [6.07, 6.45) is 0. The van der Waals surface area contributed by atoms with Gasteiger partial charge in [0.1, 0.15) is 11.2 Å². The molecule has 1 saturated heterocycles. The van der Waals surface area contributed by atoms with Crippen LogP contribution in [0.3, 0.4) is 0 Å². The molecule has 21 heavy (non-hydrogen) atoms. The second-order valence-corrected chi connectivity index (χ2v) is 5.69. The molecule has 1 aliphatic heterocycles. The zero-order valence-electron chi connectivity index (χ0n) is 12.2. The molecule has 0 bridgehead atoms. The van der Waals surface area contributed by atoms with Crippen LogP contribution in [0, 0.1) is 11.2 Å². The minimum atomic E-state index is -1.40. The van der Waals surface area contributed by atoms with Gasteiger partial charge in [-0.1, -0.05) is 0 Å². The van der Waals surface area contributed by atoms with Crippen LogP contribution in [0.2, 0.25) is 0 Å². The van der Waals surface area contributed by atoms with E-state index >= 15 is 0 Å². The molecule has 1 aromatic carbocycles. The molecule has 1 amide bonds. The molecule has 2 rings (SSSR count). The number of anilines is 1. The first-order valence-electron chi connectivity index (χ1n) is 6.85. The molecule has 1 aliphatic rings. The van der Waals surface area contributed by atoms with E-state index in [0.29, 0.717) is 26.2 Å². The van der Waals surface area contributed by atoms with E-state index in [4.69, 9.17) is 5.11 Å². The van der Waals surface area contributed by atoms with Crippen LogP contribution in [0.5, 0.6) is 0 Å². The Morgan fingerprint density at radius 3 is 2.10 bits per heavy atom. The van der Waals surface area contributed by atoms with E-state index in [1.807, 2.05) is 0 Å². The fourth-order valence-corrected chi connectivity index (χ4v) is 2.31. The first kappa shape index (κ1) is 15.3. The molecule has 1 heterocycles. The SMILES string of the molecule is CC(C)(C(=O)O)C(=O)N1CCN(c2ccc(F)cc2)CC1. The third kappa shape index (κ3) is 3.15. The Bertz CT molecular complexity index is 534. The maximum atomic E-state index is 12.9. The van der Waals surface area contributed by atoms with Crippen molar-refractivity contribution in [2.75, 3.05) is 31.1 Å². The highest BCUT2D eigenvalue weighted by Gasteiger charge is 2.40. The van der Waals surface area contributed by atoms with Crippen molar-refractivity contribution in [2.45, 2.75) is 13.8 Å². The van der Waals surface area contributed by atoms with Crippen molar-refractivity contribution in [2.24, 2.45) is 5.41 Å². The lowest BCUT2D eigenvalue weighted by molar-refractivity contribution is -0.158. The number of carbonyl (C=O) groups is 2. The Balaban J connectivity index is 1.99. The van der Waals surface area contributed by atoms with Crippen molar-refractivity contribution in [3.05, 3.63) is 30.1 Å². The van der Waals surface area contributed by atoms with E-state index in [2.05, 4.69) is 4.90 Å². The maximum Gasteiger partial charge on any atom is 0.318 e. The zero-order valence-corrected chi connectivity index (χ0v) is 12.2. The lowest BCUT2D eigenvalue weighted by Gasteiger charge is -2.38. The molecule has 0 unspecified atom stereocenters. The van der Waals surface area contributed by atoms with Crippen molar-refractivity contribution >= 4 is 17.6 Å². The second-order valence-electron chi connectivity index (χ2n) is 5.69. The molecule has 0 saturated carbocycles. The summed E-state index contributed by atoms with van der Waals surface area (Å²) in [6, 6.07) is 6.21.